The van der Waals surface area contributed by atoms with Crippen molar-refractivity contribution < 1.29 is 18.3 Å². The van der Waals surface area contributed by atoms with Crippen molar-refractivity contribution in [2.45, 2.75) is 32.1 Å². The predicted molar refractivity (Wildman–Crippen MR) is 123 cm³/mol. The molecule has 1 saturated heterocycles. The van der Waals surface area contributed by atoms with Crippen molar-refractivity contribution in [1.29, 1.82) is 0 Å². The quantitative estimate of drug-likeness (QED) is 0.700. The Kier molecular flexibility index (Phi) is 7.37. The first-order valence-electron chi connectivity index (χ1n) is 10.3. The normalized spacial score (nSPS) is 14.6. The van der Waals surface area contributed by atoms with E-state index in [9.17, 15) is 13.2 Å². The van der Waals surface area contributed by atoms with Crippen LogP contribution in [-0.2, 0) is 16.4 Å². The number of hydrogen-bond donors (Lipinski definition) is 2. The second-order valence-corrected chi connectivity index (χ2v) is 9.65. The molecule has 0 radical (unpaired) electrons. The largest absolute Gasteiger partial charge is 0.384 e. The summed E-state index contributed by atoms with van der Waals surface area (Å²) in [6.07, 6.45) is 3.49. The second-order valence-electron chi connectivity index (χ2n) is 7.90. The fraction of sp³-hybridized carbons (Fsp3) is 0.375. The van der Waals surface area contributed by atoms with E-state index in [0.29, 0.717) is 36.7 Å². The molecule has 0 saturated carbocycles. The summed E-state index contributed by atoms with van der Waals surface area (Å²) < 4.78 is 25.6. The number of likely N-dealkylation sites (tertiary alicyclic amines) is 1. The van der Waals surface area contributed by atoms with Crippen LogP contribution in [0.25, 0.3) is 0 Å². The molecule has 1 amide bonds. The molecule has 31 heavy (non-hydrogen) atoms. The minimum Gasteiger partial charge on any atom is -0.384 e. The number of piperidine rings is 1. The first-order chi connectivity index (χ1) is 14.8. The van der Waals surface area contributed by atoms with Crippen LogP contribution in [0.3, 0.4) is 0 Å². The van der Waals surface area contributed by atoms with Crippen LogP contribution in [0, 0.1) is 18.8 Å². The van der Waals surface area contributed by atoms with Gasteiger partial charge >= 0.3 is 0 Å². The predicted octanol–water partition coefficient (Wildman–Crippen LogP) is 2.92. The number of aryl methyl sites for hydroxylation is 1. The zero-order chi connectivity index (χ0) is 22.4. The van der Waals surface area contributed by atoms with Crippen LogP contribution in [0.15, 0.2) is 42.5 Å². The van der Waals surface area contributed by atoms with E-state index in [4.69, 9.17) is 5.11 Å². The third-order valence-electron chi connectivity index (χ3n) is 5.51. The highest BCUT2D eigenvalue weighted by molar-refractivity contribution is 7.92. The Morgan fingerprint density at radius 1 is 1.13 bits per heavy atom. The van der Waals surface area contributed by atoms with E-state index in [0.717, 1.165) is 30.2 Å². The first kappa shape index (κ1) is 22.9. The first-order valence-corrected chi connectivity index (χ1v) is 12.2. The van der Waals surface area contributed by atoms with Gasteiger partial charge in [0.1, 0.15) is 6.61 Å². The monoisotopic (exact) mass is 440 g/mol. The molecule has 3 rings (SSSR count). The number of sulfonamides is 1. The number of nitrogens with one attached hydrogen (secondary N) is 1. The van der Waals surface area contributed by atoms with Crippen molar-refractivity contribution >= 4 is 21.6 Å². The zero-order valence-electron chi connectivity index (χ0n) is 17.9. The summed E-state index contributed by atoms with van der Waals surface area (Å²) in [6, 6.07) is 13.5. The van der Waals surface area contributed by atoms with Gasteiger partial charge in [0.25, 0.3) is 5.91 Å². The molecule has 0 aliphatic carbocycles. The molecule has 2 aromatic rings. The Morgan fingerprint density at radius 3 is 2.42 bits per heavy atom. The Labute approximate surface area is 184 Å². The van der Waals surface area contributed by atoms with E-state index in [2.05, 4.69) is 40.8 Å². The van der Waals surface area contributed by atoms with E-state index in [-0.39, 0.29) is 12.5 Å². The molecular formula is C24H28N2O4S. The summed E-state index contributed by atoms with van der Waals surface area (Å²) in [7, 11) is -3.41. The standard InChI is InChI=1S/C24H28N2O4S/c1-18-6-9-22(17-23(18)25-31(2,29)30)24(28)26-14-12-21(13-15-26)20-10-7-19(8-11-20)5-3-4-16-27/h6-11,17,21,25,27H,5,12-16H2,1-2H3. The number of amides is 1. The topological polar surface area (TPSA) is 86.7 Å². The molecule has 0 aromatic heterocycles. The molecule has 0 spiro atoms. The molecule has 2 N–H and O–H groups in total. The minimum absolute atomic E-state index is 0.0761. The Morgan fingerprint density at radius 2 is 1.81 bits per heavy atom. The van der Waals surface area contributed by atoms with Crippen LogP contribution in [0.2, 0.25) is 0 Å². The number of rotatable bonds is 5. The van der Waals surface area contributed by atoms with Crippen LogP contribution >= 0.6 is 0 Å². The van der Waals surface area contributed by atoms with Crippen molar-refractivity contribution in [2.24, 2.45) is 0 Å². The lowest BCUT2D eigenvalue weighted by Gasteiger charge is -2.32. The lowest BCUT2D eigenvalue weighted by Crippen LogP contribution is -2.38. The average molecular weight is 441 g/mol. The van der Waals surface area contributed by atoms with E-state index >= 15 is 0 Å². The minimum atomic E-state index is -3.41. The SMILES string of the molecule is Cc1ccc(C(=O)N2CCC(c3ccc(CC#CCO)cc3)CC2)cc1NS(C)(=O)=O. The van der Waals surface area contributed by atoms with Crippen molar-refractivity contribution in [2.75, 3.05) is 30.7 Å². The Balaban J connectivity index is 1.62. The van der Waals surface area contributed by atoms with Gasteiger partial charge in [-0.3, -0.25) is 9.52 Å². The number of carbonyl (C=O) groups excluding carboxylic acids is 1. The fourth-order valence-corrected chi connectivity index (χ4v) is 4.41. The lowest BCUT2D eigenvalue weighted by molar-refractivity contribution is 0.0713. The summed E-state index contributed by atoms with van der Waals surface area (Å²) in [5, 5.41) is 8.73. The molecule has 7 heteroatoms. The van der Waals surface area contributed by atoms with Crippen LogP contribution in [0.4, 0.5) is 5.69 Å². The van der Waals surface area contributed by atoms with Gasteiger partial charge in [0.15, 0.2) is 0 Å². The maximum absolute atomic E-state index is 13.0. The van der Waals surface area contributed by atoms with Gasteiger partial charge in [-0.1, -0.05) is 42.2 Å². The molecule has 2 aromatic carbocycles. The van der Waals surface area contributed by atoms with E-state index in [1.807, 2.05) is 4.90 Å². The van der Waals surface area contributed by atoms with Crippen LogP contribution in [0.1, 0.15) is 45.8 Å². The summed E-state index contributed by atoms with van der Waals surface area (Å²) in [5.74, 6) is 5.91. The van der Waals surface area contributed by atoms with Crippen LogP contribution < -0.4 is 4.72 Å². The van der Waals surface area contributed by atoms with E-state index in [1.165, 1.54) is 5.56 Å². The number of nitrogens with zero attached hydrogens (tertiary/aromatic N) is 1. The number of benzene rings is 2. The molecule has 1 aliphatic rings. The number of carbonyl (C=O) groups is 1. The molecule has 0 atom stereocenters. The maximum atomic E-state index is 13.0. The highest BCUT2D eigenvalue weighted by Crippen LogP contribution is 2.29. The van der Waals surface area contributed by atoms with Gasteiger partial charge in [-0.05, 0) is 54.5 Å². The van der Waals surface area contributed by atoms with Crippen molar-refractivity contribution in [3.8, 4) is 11.8 Å². The molecule has 164 valence electrons. The molecule has 1 aliphatic heterocycles. The highest BCUT2D eigenvalue weighted by atomic mass is 32.2. The second kappa shape index (κ2) is 9.99. The van der Waals surface area contributed by atoms with Gasteiger partial charge in [0.2, 0.25) is 10.0 Å². The Hall–Kier alpha value is -2.82. The number of anilines is 1. The van der Waals surface area contributed by atoms with Crippen molar-refractivity contribution in [3.05, 3.63) is 64.7 Å². The summed E-state index contributed by atoms with van der Waals surface area (Å²) >= 11 is 0. The van der Waals surface area contributed by atoms with Crippen LogP contribution in [-0.4, -0.2) is 50.3 Å². The maximum Gasteiger partial charge on any atom is 0.253 e. The van der Waals surface area contributed by atoms with Gasteiger partial charge in [-0.25, -0.2) is 8.42 Å². The molecule has 0 unspecified atom stereocenters. The highest BCUT2D eigenvalue weighted by Gasteiger charge is 2.25. The van der Waals surface area contributed by atoms with Crippen LogP contribution in [0.5, 0.6) is 0 Å². The molecular weight excluding hydrogens is 412 g/mol. The molecule has 1 fully saturated rings. The third kappa shape index (κ3) is 6.33. The molecule has 1 heterocycles. The number of aliphatic hydroxyl groups is 1. The van der Waals surface area contributed by atoms with Gasteiger partial charge < -0.3 is 10.0 Å². The van der Waals surface area contributed by atoms with Crippen molar-refractivity contribution in [1.82, 2.24) is 4.90 Å². The fourth-order valence-electron chi connectivity index (χ4n) is 3.79. The number of aliphatic hydroxyl groups excluding tert-OH is 1. The lowest BCUT2D eigenvalue weighted by atomic mass is 9.88. The summed E-state index contributed by atoms with van der Waals surface area (Å²) in [6.45, 7) is 3.01. The van der Waals surface area contributed by atoms with Gasteiger partial charge in [-0.2, -0.15) is 0 Å². The third-order valence-corrected chi connectivity index (χ3v) is 6.10. The van der Waals surface area contributed by atoms with Gasteiger partial charge in [0.05, 0.1) is 11.9 Å². The Bertz CT molecular complexity index is 1090. The zero-order valence-corrected chi connectivity index (χ0v) is 18.7. The number of hydrogen-bond acceptors (Lipinski definition) is 4. The van der Waals surface area contributed by atoms with Gasteiger partial charge in [-0.15, -0.1) is 0 Å². The van der Waals surface area contributed by atoms with E-state index in [1.54, 1.807) is 25.1 Å². The molecule has 0 bridgehead atoms. The van der Waals surface area contributed by atoms with Crippen molar-refractivity contribution in [3.63, 3.8) is 0 Å². The van der Waals surface area contributed by atoms with E-state index < -0.39 is 10.0 Å². The average Bonchev–Trinajstić information content (AvgIpc) is 2.75. The van der Waals surface area contributed by atoms with Gasteiger partial charge in [0, 0.05) is 25.1 Å². The summed E-state index contributed by atoms with van der Waals surface area (Å²) in [5.41, 5.74) is 4.08. The smallest absolute Gasteiger partial charge is 0.253 e. The summed E-state index contributed by atoms with van der Waals surface area (Å²) in [4.78, 5) is 14.8. The molecule has 6 nitrogen and oxygen atoms in total.